The Morgan fingerprint density at radius 2 is 1.88 bits per heavy atom. The smallest absolute Gasteiger partial charge is 0.248 e. The van der Waals surface area contributed by atoms with Crippen LogP contribution in [0.25, 0.3) is 22.2 Å². The van der Waals surface area contributed by atoms with E-state index in [9.17, 15) is 10.1 Å². The standard InChI is InChI=1S/C21H21N3O/c1-4-24-19-11-16(21(23)25)9-10-17(19)18(12-22)20(24)15-7-5-14(6-8-15)13(2)3/h5-11,13H,4H2,1-3H3,(H2,23,25). The van der Waals surface area contributed by atoms with Gasteiger partial charge in [0.2, 0.25) is 5.91 Å². The molecule has 0 aliphatic heterocycles. The zero-order valence-electron chi connectivity index (χ0n) is 14.7. The minimum atomic E-state index is -0.466. The quantitative estimate of drug-likeness (QED) is 0.768. The number of nitrogens with zero attached hydrogens (tertiary/aromatic N) is 2. The topological polar surface area (TPSA) is 71.8 Å². The van der Waals surface area contributed by atoms with E-state index in [1.807, 2.05) is 13.0 Å². The summed E-state index contributed by atoms with van der Waals surface area (Å²) in [6.07, 6.45) is 0. The van der Waals surface area contributed by atoms with E-state index in [1.54, 1.807) is 12.1 Å². The highest BCUT2D eigenvalue weighted by Gasteiger charge is 2.19. The van der Waals surface area contributed by atoms with Crippen molar-refractivity contribution in [1.82, 2.24) is 4.57 Å². The van der Waals surface area contributed by atoms with Crippen LogP contribution in [-0.2, 0) is 6.54 Å². The molecule has 2 N–H and O–H groups in total. The van der Waals surface area contributed by atoms with E-state index in [0.29, 0.717) is 23.6 Å². The lowest BCUT2D eigenvalue weighted by Crippen LogP contribution is -2.10. The Morgan fingerprint density at radius 3 is 2.40 bits per heavy atom. The van der Waals surface area contributed by atoms with Crippen LogP contribution >= 0.6 is 0 Å². The number of carbonyl (C=O) groups is 1. The maximum atomic E-state index is 11.5. The Bertz CT molecular complexity index is 989. The number of hydrogen-bond acceptors (Lipinski definition) is 2. The summed E-state index contributed by atoms with van der Waals surface area (Å²) in [6.45, 7) is 7.04. The number of fused-ring (bicyclic) bond motifs is 1. The van der Waals surface area contributed by atoms with Gasteiger partial charge in [0.05, 0.1) is 16.8 Å². The fraction of sp³-hybridized carbons (Fsp3) is 0.238. The van der Waals surface area contributed by atoms with Gasteiger partial charge in [0.15, 0.2) is 0 Å². The predicted octanol–water partition coefficient (Wildman–Crippen LogP) is 4.42. The van der Waals surface area contributed by atoms with Gasteiger partial charge < -0.3 is 10.3 Å². The number of rotatable bonds is 4. The first-order chi connectivity index (χ1) is 12.0. The molecule has 0 radical (unpaired) electrons. The third-order valence-corrected chi connectivity index (χ3v) is 4.63. The second-order valence-corrected chi connectivity index (χ2v) is 6.45. The van der Waals surface area contributed by atoms with Crippen molar-refractivity contribution in [3.8, 4) is 17.3 Å². The third-order valence-electron chi connectivity index (χ3n) is 4.63. The van der Waals surface area contributed by atoms with E-state index in [-0.39, 0.29) is 0 Å². The molecule has 1 heterocycles. The molecule has 0 unspecified atom stereocenters. The van der Waals surface area contributed by atoms with Crippen LogP contribution < -0.4 is 5.73 Å². The highest BCUT2D eigenvalue weighted by atomic mass is 16.1. The fourth-order valence-electron chi connectivity index (χ4n) is 3.27. The Kier molecular flexibility index (Phi) is 4.33. The number of aromatic nitrogens is 1. The number of benzene rings is 2. The van der Waals surface area contributed by atoms with Crippen LogP contribution in [0, 0.1) is 11.3 Å². The van der Waals surface area contributed by atoms with Crippen molar-refractivity contribution in [2.24, 2.45) is 5.73 Å². The zero-order chi connectivity index (χ0) is 18.1. The number of primary amides is 1. The van der Waals surface area contributed by atoms with Crippen molar-refractivity contribution in [1.29, 1.82) is 5.26 Å². The summed E-state index contributed by atoms with van der Waals surface area (Å²) in [6, 6.07) is 15.9. The van der Waals surface area contributed by atoms with Gasteiger partial charge in [-0.05, 0) is 36.1 Å². The SMILES string of the molecule is CCn1c(-c2ccc(C(C)C)cc2)c(C#N)c2ccc(C(N)=O)cc21. The first-order valence-corrected chi connectivity index (χ1v) is 8.44. The number of nitrogens with two attached hydrogens (primary N) is 1. The first-order valence-electron chi connectivity index (χ1n) is 8.44. The lowest BCUT2D eigenvalue weighted by Gasteiger charge is -2.11. The van der Waals surface area contributed by atoms with Crippen LogP contribution in [0.4, 0.5) is 0 Å². The Labute approximate surface area is 147 Å². The van der Waals surface area contributed by atoms with Gasteiger partial charge in [-0.25, -0.2) is 0 Å². The van der Waals surface area contributed by atoms with Gasteiger partial charge in [-0.15, -0.1) is 0 Å². The van der Waals surface area contributed by atoms with E-state index in [2.05, 4.69) is 48.7 Å². The van der Waals surface area contributed by atoms with Gasteiger partial charge in [-0.1, -0.05) is 44.2 Å². The molecule has 0 aliphatic rings. The van der Waals surface area contributed by atoms with Crippen LogP contribution in [0.1, 0.15) is 48.2 Å². The number of aryl methyl sites for hydroxylation is 1. The molecule has 0 fully saturated rings. The largest absolute Gasteiger partial charge is 0.366 e. The molecule has 1 aromatic heterocycles. The number of nitriles is 1. The molecule has 0 spiro atoms. The van der Waals surface area contributed by atoms with Gasteiger partial charge in [0.1, 0.15) is 6.07 Å². The molecule has 0 atom stereocenters. The maximum absolute atomic E-state index is 11.5. The molecule has 126 valence electrons. The molecule has 4 nitrogen and oxygen atoms in total. The summed E-state index contributed by atoms with van der Waals surface area (Å²) >= 11 is 0. The molecule has 0 saturated carbocycles. The summed E-state index contributed by atoms with van der Waals surface area (Å²) < 4.78 is 2.07. The van der Waals surface area contributed by atoms with Gasteiger partial charge in [-0.3, -0.25) is 4.79 Å². The minimum Gasteiger partial charge on any atom is -0.366 e. The lowest BCUT2D eigenvalue weighted by molar-refractivity contribution is 0.100. The molecule has 0 bridgehead atoms. The second kappa shape index (κ2) is 6.45. The molecule has 4 heteroatoms. The van der Waals surface area contributed by atoms with Crippen LogP contribution in [0.3, 0.4) is 0 Å². The van der Waals surface area contributed by atoms with Gasteiger partial charge >= 0.3 is 0 Å². The molecule has 3 rings (SSSR count). The van der Waals surface area contributed by atoms with Crippen LogP contribution in [0.5, 0.6) is 0 Å². The predicted molar refractivity (Wildman–Crippen MR) is 100 cm³/mol. The van der Waals surface area contributed by atoms with Gasteiger partial charge in [0.25, 0.3) is 0 Å². The van der Waals surface area contributed by atoms with Crippen molar-refractivity contribution in [3.63, 3.8) is 0 Å². The Balaban J connectivity index is 2.30. The molecule has 2 aromatic carbocycles. The maximum Gasteiger partial charge on any atom is 0.248 e. The van der Waals surface area contributed by atoms with E-state index in [1.165, 1.54) is 5.56 Å². The monoisotopic (exact) mass is 331 g/mol. The lowest BCUT2D eigenvalue weighted by atomic mass is 9.99. The highest BCUT2D eigenvalue weighted by Crippen LogP contribution is 2.34. The number of carbonyl (C=O) groups excluding carboxylic acids is 1. The van der Waals surface area contributed by atoms with Crippen LogP contribution in [-0.4, -0.2) is 10.5 Å². The van der Waals surface area contributed by atoms with E-state index >= 15 is 0 Å². The molecule has 0 saturated heterocycles. The summed E-state index contributed by atoms with van der Waals surface area (Å²) in [5.41, 5.74) is 10.5. The molecule has 25 heavy (non-hydrogen) atoms. The van der Waals surface area contributed by atoms with Gasteiger partial charge in [-0.2, -0.15) is 5.26 Å². The van der Waals surface area contributed by atoms with Crippen molar-refractivity contribution in [3.05, 3.63) is 59.2 Å². The molecular formula is C21H21N3O. The molecular weight excluding hydrogens is 310 g/mol. The van der Waals surface area contributed by atoms with Gasteiger partial charge in [0, 0.05) is 17.5 Å². The number of hydrogen-bond donors (Lipinski definition) is 1. The molecule has 0 aliphatic carbocycles. The normalized spacial score (nSPS) is 11.0. The summed E-state index contributed by atoms with van der Waals surface area (Å²) in [4.78, 5) is 11.5. The van der Waals surface area contributed by atoms with Crippen molar-refractivity contribution in [2.45, 2.75) is 33.2 Å². The molecule has 3 aromatic rings. The highest BCUT2D eigenvalue weighted by molar-refractivity contribution is 6.00. The summed E-state index contributed by atoms with van der Waals surface area (Å²) in [5, 5.41) is 10.6. The molecule has 1 amide bonds. The second-order valence-electron chi connectivity index (χ2n) is 6.45. The Morgan fingerprint density at radius 1 is 1.20 bits per heavy atom. The fourth-order valence-corrected chi connectivity index (χ4v) is 3.27. The van der Waals surface area contributed by atoms with Crippen molar-refractivity contribution < 1.29 is 4.79 Å². The minimum absolute atomic E-state index is 0.450. The third kappa shape index (κ3) is 2.78. The first kappa shape index (κ1) is 16.8. The average molecular weight is 331 g/mol. The summed E-state index contributed by atoms with van der Waals surface area (Å²) in [5.74, 6) is -0.00765. The van der Waals surface area contributed by atoms with Crippen LogP contribution in [0.15, 0.2) is 42.5 Å². The van der Waals surface area contributed by atoms with Crippen LogP contribution in [0.2, 0.25) is 0 Å². The van der Waals surface area contributed by atoms with E-state index < -0.39 is 5.91 Å². The zero-order valence-corrected chi connectivity index (χ0v) is 14.7. The number of amides is 1. The van der Waals surface area contributed by atoms with E-state index in [0.717, 1.165) is 22.2 Å². The van der Waals surface area contributed by atoms with Crippen molar-refractivity contribution in [2.75, 3.05) is 0 Å². The Hall–Kier alpha value is -3.06. The average Bonchev–Trinajstić information content (AvgIpc) is 2.94. The van der Waals surface area contributed by atoms with Crippen molar-refractivity contribution >= 4 is 16.8 Å². The summed E-state index contributed by atoms with van der Waals surface area (Å²) in [7, 11) is 0. The van der Waals surface area contributed by atoms with E-state index in [4.69, 9.17) is 5.73 Å².